The van der Waals surface area contributed by atoms with Gasteiger partial charge >= 0.3 is 0 Å². The van der Waals surface area contributed by atoms with Crippen molar-refractivity contribution in [3.63, 3.8) is 0 Å². The molecule has 0 atom stereocenters. The van der Waals surface area contributed by atoms with Gasteiger partial charge in [-0.15, -0.1) is 0 Å². The molecule has 25 heavy (non-hydrogen) atoms. The van der Waals surface area contributed by atoms with Crippen LogP contribution >= 0.6 is 0 Å². The highest BCUT2D eigenvalue weighted by molar-refractivity contribution is 6.15. The van der Waals surface area contributed by atoms with E-state index in [1.807, 2.05) is 18.7 Å². The lowest BCUT2D eigenvalue weighted by Gasteiger charge is -2.28. The molecule has 1 aliphatic carbocycles. The van der Waals surface area contributed by atoms with Crippen LogP contribution in [-0.2, 0) is 4.79 Å². The maximum Gasteiger partial charge on any atom is 0.253 e. The van der Waals surface area contributed by atoms with E-state index >= 15 is 0 Å². The molecule has 1 aromatic rings. The highest BCUT2D eigenvalue weighted by Gasteiger charge is 2.32. The van der Waals surface area contributed by atoms with Gasteiger partial charge in [0.25, 0.3) is 5.91 Å². The summed E-state index contributed by atoms with van der Waals surface area (Å²) < 4.78 is 0. The molecule has 1 saturated heterocycles. The Morgan fingerprint density at radius 3 is 2.64 bits per heavy atom. The van der Waals surface area contributed by atoms with Crippen LogP contribution in [0.2, 0.25) is 0 Å². The predicted octanol–water partition coefficient (Wildman–Crippen LogP) is 3.83. The third-order valence-electron chi connectivity index (χ3n) is 4.73. The Bertz CT molecular complexity index is 756. The molecule has 0 unspecified atom stereocenters. The maximum atomic E-state index is 12.5. The zero-order valence-corrected chi connectivity index (χ0v) is 14.8. The van der Waals surface area contributed by atoms with Gasteiger partial charge in [-0.1, -0.05) is 19.9 Å². The molecule has 0 radical (unpaired) electrons. The quantitative estimate of drug-likeness (QED) is 0.850. The fourth-order valence-electron chi connectivity index (χ4n) is 3.41. The largest absolute Gasteiger partial charge is 0.511 e. The SMILES string of the molecule is CC1(C)CC(=O)C(C=Nc2cccc(C(=O)N3CCCC3)c2)=C(O)C1. The maximum absolute atomic E-state index is 12.5. The summed E-state index contributed by atoms with van der Waals surface area (Å²) in [5.41, 5.74) is 1.25. The Balaban J connectivity index is 1.79. The van der Waals surface area contributed by atoms with Gasteiger partial charge in [-0.05, 0) is 36.5 Å². The molecule has 1 N–H and O–H groups in total. The average molecular weight is 340 g/mol. The number of hydrogen-bond acceptors (Lipinski definition) is 4. The normalized spacial score (nSPS) is 20.6. The molecule has 1 aliphatic heterocycles. The zero-order chi connectivity index (χ0) is 18.0. The molecule has 0 spiro atoms. The van der Waals surface area contributed by atoms with Crippen molar-refractivity contribution in [1.29, 1.82) is 0 Å². The van der Waals surface area contributed by atoms with Gasteiger partial charge in [0.15, 0.2) is 5.78 Å². The van der Waals surface area contributed by atoms with Gasteiger partial charge in [0.2, 0.25) is 0 Å². The van der Waals surface area contributed by atoms with Gasteiger partial charge in [0.1, 0.15) is 5.76 Å². The van der Waals surface area contributed by atoms with E-state index in [0.29, 0.717) is 24.1 Å². The molecule has 0 aromatic heterocycles. The van der Waals surface area contributed by atoms with Crippen molar-refractivity contribution in [3.05, 3.63) is 41.2 Å². The number of aliphatic hydroxyl groups excluding tert-OH is 1. The van der Waals surface area contributed by atoms with E-state index in [9.17, 15) is 14.7 Å². The molecule has 0 saturated carbocycles. The molecular weight excluding hydrogens is 316 g/mol. The van der Waals surface area contributed by atoms with Crippen LogP contribution in [0.4, 0.5) is 5.69 Å². The van der Waals surface area contributed by atoms with Crippen LogP contribution < -0.4 is 0 Å². The van der Waals surface area contributed by atoms with Crippen molar-refractivity contribution >= 4 is 23.6 Å². The van der Waals surface area contributed by atoms with Crippen LogP contribution in [-0.4, -0.2) is 41.0 Å². The van der Waals surface area contributed by atoms with Crippen LogP contribution in [0.15, 0.2) is 40.6 Å². The molecule has 1 amide bonds. The second-order valence-electron chi connectivity index (χ2n) is 7.61. The number of likely N-dealkylation sites (tertiary alicyclic amines) is 1. The number of carbonyl (C=O) groups is 2. The van der Waals surface area contributed by atoms with Crippen molar-refractivity contribution in [2.45, 2.75) is 39.5 Å². The Hall–Kier alpha value is -2.43. The number of Topliss-reactive ketones (excluding diaryl/α,β-unsaturated/α-hetero) is 1. The molecule has 2 aliphatic rings. The van der Waals surface area contributed by atoms with Crippen LogP contribution in [0.3, 0.4) is 0 Å². The van der Waals surface area contributed by atoms with Gasteiger partial charge in [-0.2, -0.15) is 0 Å². The molecule has 3 rings (SSSR count). The third-order valence-corrected chi connectivity index (χ3v) is 4.73. The summed E-state index contributed by atoms with van der Waals surface area (Å²) in [6, 6.07) is 7.08. The van der Waals surface area contributed by atoms with Crippen molar-refractivity contribution in [3.8, 4) is 0 Å². The van der Waals surface area contributed by atoms with Gasteiger partial charge < -0.3 is 10.0 Å². The fourth-order valence-corrected chi connectivity index (χ4v) is 3.41. The van der Waals surface area contributed by atoms with Gasteiger partial charge in [-0.25, -0.2) is 0 Å². The van der Waals surface area contributed by atoms with Gasteiger partial charge in [0, 0.05) is 37.7 Å². The molecular formula is C20H24N2O3. The Kier molecular flexibility index (Phi) is 4.75. The van der Waals surface area contributed by atoms with Crippen LogP contribution in [0, 0.1) is 5.41 Å². The number of aliphatic hydroxyl groups is 1. The van der Waals surface area contributed by atoms with Crippen LogP contribution in [0.1, 0.15) is 49.9 Å². The number of rotatable bonds is 3. The van der Waals surface area contributed by atoms with Crippen LogP contribution in [0.5, 0.6) is 0 Å². The monoisotopic (exact) mass is 340 g/mol. The van der Waals surface area contributed by atoms with E-state index in [1.165, 1.54) is 6.21 Å². The van der Waals surface area contributed by atoms with Gasteiger partial charge in [0.05, 0.1) is 11.3 Å². The fraction of sp³-hybridized carbons (Fsp3) is 0.450. The minimum atomic E-state index is -0.222. The molecule has 1 fully saturated rings. The van der Waals surface area contributed by atoms with Crippen LogP contribution in [0.25, 0.3) is 0 Å². The molecule has 5 heteroatoms. The summed E-state index contributed by atoms with van der Waals surface area (Å²) in [6.45, 7) is 5.53. The lowest BCUT2D eigenvalue weighted by atomic mass is 9.77. The van der Waals surface area contributed by atoms with Crippen molar-refractivity contribution in [2.75, 3.05) is 13.1 Å². The smallest absolute Gasteiger partial charge is 0.253 e. The van der Waals surface area contributed by atoms with E-state index in [1.54, 1.807) is 24.3 Å². The standard InChI is InChI=1S/C20H24N2O3/c1-20(2)11-17(23)16(18(24)12-20)13-21-15-7-5-6-14(10-15)19(25)22-8-3-4-9-22/h5-7,10,13,23H,3-4,8-9,11-12H2,1-2H3. The van der Waals surface area contributed by atoms with E-state index < -0.39 is 0 Å². The summed E-state index contributed by atoms with van der Waals surface area (Å²) in [6.07, 6.45) is 4.39. The van der Waals surface area contributed by atoms with Crippen molar-refractivity contribution < 1.29 is 14.7 Å². The number of hydrogen-bond donors (Lipinski definition) is 1. The predicted molar refractivity (Wildman–Crippen MR) is 97.4 cm³/mol. The van der Waals surface area contributed by atoms with E-state index in [0.717, 1.165) is 25.9 Å². The van der Waals surface area contributed by atoms with Crippen molar-refractivity contribution in [1.82, 2.24) is 4.90 Å². The minimum Gasteiger partial charge on any atom is -0.511 e. The first kappa shape index (κ1) is 17.4. The van der Waals surface area contributed by atoms with Gasteiger partial charge in [-0.3, -0.25) is 14.6 Å². The Morgan fingerprint density at radius 1 is 1.24 bits per heavy atom. The number of amides is 1. The van der Waals surface area contributed by atoms with Crippen molar-refractivity contribution in [2.24, 2.45) is 10.4 Å². The summed E-state index contributed by atoms with van der Waals surface area (Å²) in [7, 11) is 0. The summed E-state index contributed by atoms with van der Waals surface area (Å²) in [4.78, 5) is 30.8. The van der Waals surface area contributed by atoms with E-state index in [-0.39, 0.29) is 28.4 Å². The molecule has 132 valence electrons. The molecule has 1 aromatic carbocycles. The minimum absolute atomic E-state index is 0.0205. The first-order chi connectivity index (χ1) is 11.9. The number of allylic oxidation sites excluding steroid dienone is 2. The lowest BCUT2D eigenvalue weighted by molar-refractivity contribution is -0.117. The zero-order valence-electron chi connectivity index (χ0n) is 14.8. The summed E-state index contributed by atoms with van der Waals surface area (Å²) in [5.74, 6) is 0.0169. The molecule has 5 nitrogen and oxygen atoms in total. The number of carbonyl (C=O) groups excluding carboxylic acids is 2. The topological polar surface area (TPSA) is 70.0 Å². The summed E-state index contributed by atoms with van der Waals surface area (Å²) >= 11 is 0. The first-order valence-corrected chi connectivity index (χ1v) is 8.74. The number of ketones is 1. The third kappa shape index (κ3) is 3.98. The summed E-state index contributed by atoms with van der Waals surface area (Å²) in [5, 5.41) is 10.1. The second kappa shape index (κ2) is 6.82. The molecule has 1 heterocycles. The molecule has 0 bridgehead atoms. The van der Waals surface area contributed by atoms with E-state index in [2.05, 4.69) is 4.99 Å². The highest BCUT2D eigenvalue weighted by atomic mass is 16.3. The van der Waals surface area contributed by atoms with E-state index in [4.69, 9.17) is 0 Å². The average Bonchev–Trinajstić information content (AvgIpc) is 3.07. The second-order valence-corrected chi connectivity index (χ2v) is 7.61. The number of aliphatic imine (C=N–C) groups is 1. The first-order valence-electron chi connectivity index (χ1n) is 8.74. The lowest BCUT2D eigenvalue weighted by Crippen LogP contribution is -2.27. The Morgan fingerprint density at radius 2 is 1.96 bits per heavy atom. The number of nitrogens with zero attached hydrogens (tertiary/aromatic N) is 2. The number of benzene rings is 1. The Labute approximate surface area is 148 Å². The highest BCUT2D eigenvalue weighted by Crippen LogP contribution is 2.35.